The van der Waals surface area contributed by atoms with Crippen LogP contribution in [0.5, 0.6) is 0 Å². The Balaban J connectivity index is 3.16. The van der Waals surface area contributed by atoms with Crippen LogP contribution in [0.4, 0.5) is 0 Å². The van der Waals surface area contributed by atoms with Crippen molar-refractivity contribution >= 4 is 21.6 Å². The van der Waals surface area contributed by atoms with Gasteiger partial charge in [-0.2, -0.15) is 9.40 Å². The van der Waals surface area contributed by atoms with E-state index in [2.05, 4.69) is 10.2 Å². The first-order valence-corrected chi connectivity index (χ1v) is 7.50. The molecule has 0 aromatic carbocycles. The molecule has 0 spiro atoms. The molecule has 1 rings (SSSR count). The summed E-state index contributed by atoms with van der Waals surface area (Å²) in [6.07, 6.45) is 0.756. The van der Waals surface area contributed by atoms with Crippen LogP contribution in [0.3, 0.4) is 0 Å². The largest absolute Gasteiger partial charge is 0.281 e. The minimum Gasteiger partial charge on any atom is -0.281 e. The van der Waals surface area contributed by atoms with E-state index in [1.54, 1.807) is 13.8 Å². The summed E-state index contributed by atoms with van der Waals surface area (Å²) in [6, 6.07) is 0. The Hall–Kier alpha value is -0.590. The number of aromatic amines is 1. The van der Waals surface area contributed by atoms with Crippen molar-refractivity contribution in [3.8, 4) is 0 Å². The first kappa shape index (κ1) is 14.5. The van der Waals surface area contributed by atoms with Gasteiger partial charge < -0.3 is 0 Å². The minimum absolute atomic E-state index is 0.274. The van der Waals surface area contributed by atoms with Gasteiger partial charge in [-0.15, -0.1) is 11.6 Å². The standard InChI is InChI=1S/C10H18ClN3O2S/c1-4-6-14(7-5-11)17(15,16)10-8(2)12-13-9(10)3/h4-7H2,1-3H3,(H,12,13). The monoisotopic (exact) mass is 279 g/mol. The Morgan fingerprint density at radius 1 is 1.35 bits per heavy atom. The summed E-state index contributed by atoms with van der Waals surface area (Å²) in [5, 5.41) is 6.61. The number of alkyl halides is 1. The molecule has 0 amide bonds. The molecule has 0 unspecified atom stereocenters. The van der Waals surface area contributed by atoms with Crippen molar-refractivity contribution < 1.29 is 8.42 Å². The van der Waals surface area contributed by atoms with Crippen LogP contribution in [0.15, 0.2) is 4.90 Å². The lowest BCUT2D eigenvalue weighted by Gasteiger charge is -2.20. The van der Waals surface area contributed by atoms with Crippen LogP contribution in [-0.2, 0) is 10.0 Å². The zero-order chi connectivity index (χ0) is 13.1. The van der Waals surface area contributed by atoms with Gasteiger partial charge in [-0.3, -0.25) is 5.10 Å². The van der Waals surface area contributed by atoms with Crippen molar-refractivity contribution in [1.82, 2.24) is 14.5 Å². The molecule has 0 radical (unpaired) electrons. The molecular formula is C10H18ClN3O2S. The van der Waals surface area contributed by atoms with E-state index < -0.39 is 10.0 Å². The molecule has 98 valence electrons. The van der Waals surface area contributed by atoms with Gasteiger partial charge in [-0.1, -0.05) is 6.92 Å². The van der Waals surface area contributed by atoms with Crippen LogP contribution >= 0.6 is 11.6 Å². The summed E-state index contributed by atoms with van der Waals surface area (Å²) in [5.41, 5.74) is 1.07. The van der Waals surface area contributed by atoms with Gasteiger partial charge >= 0.3 is 0 Å². The molecule has 17 heavy (non-hydrogen) atoms. The molecular weight excluding hydrogens is 262 g/mol. The Bertz CT molecular complexity index is 444. The first-order chi connectivity index (χ1) is 7.95. The summed E-state index contributed by atoms with van der Waals surface area (Å²) in [6.45, 7) is 6.12. The number of H-pyrrole nitrogens is 1. The summed E-state index contributed by atoms with van der Waals surface area (Å²) in [5.74, 6) is 0.287. The highest BCUT2D eigenvalue weighted by molar-refractivity contribution is 7.89. The molecule has 0 fully saturated rings. The maximum absolute atomic E-state index is 12.4. The fourth-order valence-corrected chi connectivity index (χ4v) is 3.91. The molecule has 0 aliphatic rings. The van der Waals surface area contributed by atoms with Crippen LogP contribution in [0.1, 0.15) is 24.7 Å². The smallest absolute Gasteiger partial charge is 0.246 e. The molecule has 5 nitrogen and oxygen atoms in total. The average molecular weight is 280 g/mol. The molecule has 1 heterocycles. The van der Waals surface area contributed by atoms with Gasteiger partial charge in [-0.05, 0) is 20.3 Å². The molecule has 0 atom stereocenters. The van der Waals surface area contributed by atoms with Gasteiger partial charge in [0, 0.05) is 19.0 Å². The highest BCUT2D eigenvalue weighted by atomic mass is 35.5. The highest BCUT2D eigenvalue weighted by Crippen LogP contribution is 2.21. The van der Waals surface area contributed by atoms with E-state index in [-0.39, 0.29) is 10.8 Å². The summed E-state index contributed by atoms with van der Waals surface area (Å²) < 4.78 is 26.3. The van der Waals surface area contributed by atoms with Gasteiger partial charge in [0.1, 0.15) is 4.90 Å². The molecule has 7 heteroatoms. The Labute approximate surface area is 107 Å². The van der Waals surface area contributed by atoms with E-state index in [4.69, 9.17) is 11.6 Å². The zero-order valence-electron chi connectivity index (χ0n) is 10.3. The van der Waals surface area contributed by atoms with Crippen molar-refractivity contribution in [2.24, 2.45) is 0 Å². The molecule has 0 aliphatic heterocycles. The van der Waals surface area contributed by atoms with E-state index >= 15 is 0 Å². The fourth-order valence-electron chi connectivity index (χ4n) is 1.75. The SMILES string of the molecule is CCCN(CCCl)S(=O)(=O)c1c(C)n[nH]c1C. The third-order valence-corrected chi connectivity index (χ3v) is 4.80. The van der Waals surface area contributed by atoms with Crippen LogP contribution in [0.25, 0.3) is 0 Å². The van der Waals surface area contributed by atoms with Gasteiger partial charge in [0.05, 0.1) is 11.4 Å². The Morgan fingerprint density at radius 2 is 2.00 bits per heavy atom. The quantitative estimate of drug-likeness (QED) is 0.806. The average Bonchev–Trinajstić information content (AvgIpc) is 2.58. The molecule has 0 bridgehead atoms. The highest BCUT2D eigenvalue weighted by Gasteiger charge is 2.28. The predicted molar refractivity (Wildman–Crippen MR) is 67.8 cm³/mol. The second kappa shape index (κ2) is 5.84. The van der Waals surface area contributed by atoms with E-state index in [9.17, 15) is 8.42 Å². The van der Waals surface area contributed by atoms with Crippen molar-refractivity contribution in [1.29, 1.82) is 0 Å². The van der Waals surface area contributed by atoms with Crippen LogP contribution in [0.2, 0.25) is 0 Å². The topological polar surface area (TPSA) is 66.1 Å². The minimum atomic E-state index is -3.49. The second-order valence-electron chi connectivity index (χ2n) is 3.86. The van der Waals surface area contributed by atoms with Gasteiger partial charge in [0.2, 0.25) is 10.0 Å². The molecule has 1 N–H and O–H groups in total. The Kier molecular flexibility index (Phi) is 4.97. The first-order valence-electron chi connectivity index (χ1n) is 5.52. The molecule has 0 saturated heterocycles. The lowest BCUT2D eigenvalue weighted by Crippen LogP contribution is -2.34. The fraction of sp³-hybridized carbons (Fsp3) is 0.700. The van der Waals surface area contributed by atoms with Crippen molar-refractivity contribution in [3.05, 3.63) is 11.4 Å². The number of halogens is 1. The van der Waals surface area contributed by atoms with Crippen molar-refractivity contribution in [3.63, 3.8) is 0 Å². The number of hydrogen-bond donors (Lipinski definition) is 1. The van der Waals surface area contributed by atoms with Crippen molar-refractivity contribution in [2.45, 2.75) is 32.1 Å². The normalized spacial score (nSPS) is 12.3. The molecule has 1 aromatic rings. The lowest BCUT2D eigenvalue weighted by molar-refractivity contribution is 0.428. The summed E-state index contributed by atoms with van der Waals surface area (Å²) >= 11 is 5.65. The third kappa shape index (κ3) is 3.00. The number of aromatic nitrogens is 2. The number of nitrogens with one attached hydrogen (secondary N) is 1. The van der Waals surface area contributed by atoms with Gasteiger partial charge in [0.15, 0.2) is 0 Å². The number of hydrogen-bond acceptors (Lipinski definition) is 3. The second-order valence-corrected chi connectivity index (χ2v) is 6.11. The predicted octanol–water partition coefficient (Wildman–Crippen LogP) is 1.67. The number of aryl methyl sites for hydroxylation is 2. The van der Waals surface area contributed by atoms with E-state index in [0.29, 0.717) is 24.5 Å². The van der Waals surface area contributed by atoms with Gasteiger partial charge in [-0.25, -0.2) is 8.42 Å². The molecule has 1 aromatic heterocycles. The summed E-state index contributed by atoms with van der Waals surface area (Å²) in [4.78, 5) is 0.274. The van der Waals surface area contributed by atoms with E-state index in [0.717, 1.165) is 6.42 Å². The van der Waals surface area contributed by atoms with Gasteiger partial charge in [0.25, 0.3) is 0 Å². The van der Waals surface area contributed by atoms with Crippen LogP contribution in [0, 0.1) is 13.8 Å². The van der Waals surface area contributed by atoms with Crippen LogP contribution < -0.4 is 0 Å². The zero-order valence-corrected chi connectivity index (χ0v) is 11.9. The maximum atomic E-state index is 12.4. The summed E-state index contributed by atoms with van der Waals surface area (Å²) in [7, 11) is -3.49. The number of rotatable bonds is 6. The maximum Gasteiger partial charge on any atom is 0.246 e. The third-order valence-electron chi connectivity index (χ3n) is 2.47. The van der Waals surface area contributed by atoms with Crippen molar-refractivity contribution in [2.75, 3.05) is 19.0 Å². The van der Waals surface area contributed by atoms with Crippen LogP contribution in [-0.4, -0.2) is 41.9 Å². The van der Waals surface area contributed by atoms with E-state index in [1.807, 2.05) is 6.92 Å². The lowest BCUT2D eigenvalue weighted by atomic mass is 10.4. The molecule has 0 saturated carbocycles. The Morgan fingerprint density at radius 3 is 2.41 bits per heavy atom. The molecule has 0 aliphatic carbocycles. The number of sulfonamides is 1. The van der Waals surface area contributed by atoms with E-state index in [1.165, 1.54) is 4.31 Å². The number of nitrogens with zero attached hydrogens (tertiary/aromatic N) is 2.